The summed E-state index contributed by atoms with van der Waals surface area (Å²) in [7, 11) is 0. The van der Waals surface area contributed by atoms with Gasteiger partial charge in [0.2, 0.25) is 5.91 Å². The SMILES string of the molecule is O=C(C1CCCCC1)N1CCN(CCN2CCC(c3cn(-c4ccc(F)cc4)c4ccc(Cl)cc34)CC2)C1=O. The second kappa shape index (κ2) is 11.3. The van der Waals surface area contributed by atoms with E-state index < -0.39 is 0 Å². The van der Waals surface area contributed by atoms with E-state index in [0.29, 0.717) is 30.6 Å². The molecule has 0 radical (unpaired) electrons. The van der Waals surface area contributed by atoms with Crippen LogP contribution in [0.15, 0.2) is 48.7 Å². The highest BCUT2D eigenvalue weighted by molar-refractivity contribution is 6.31. The van der Waals surface area contributed by atoms with Crippen LogP contribution in [-0.2, 0) is 4.79 Å². The minimum absolute atomic E-state index is 0.0329. The van der Waals surface area contributed by atoms with Crippen LogP contribution in [0.3, 0.4) is 0 Å². The van der Waals surface area contributed by atoms with E-state index >= 15 is 0 Å². The van der Waals surface area contributed by atoms with Crippen LogP contribution < -0.4 is 0 Å². The Bertz CT molecular complexity index is 1340. The molecule has 6 rings (SSSR count). The van der Waals surface area contributed by atoms with Gasteiger partial charge in [0.05, 0.1) is 5.52 Å². The number of likely N-dealkylation sites (tertiary alicyclic amines) is 1. The Kier molecular flexibility index (Phi) is 7.63. The van der Waals surface area contributed by atoms with Gasteiger partial charge >= 0.3 is 6.03 Å². The smallest absolute Gasteiger partial charge is 0.321 e. The van der Waals surface area contributed by atoms with E-state index in [0.717, 1.165) is 74.7 Å². The van der Waals surface area contributed by atoms with Crippen molar-refractivity contribution in [1.29, 1.82) is 0 Å². The molecule has 0 spiro atoms. The van der Waals surface area contributed by atoms with E-state index in [4.69, 9.17) is 11.6 Å². The number of hydrogen-bond acceptors (Lipinski definition) is 3. The van der Waals surface area contributed by atoms with Gasteiger partial charge < -0.3 is 14.4 Å². The monoisotopic (exact) mass is 550 g/mol. The molecule has 206 valence electrons. The number of carbonyl (C=O) groups excluding carboxylic acids is 2. The Morgan fingerprint density at radius 3 is 2.38 bits per heavy atom. The molecule has 2 aromatic carbocycles. The standard InChI is InChI=1S/C31H36ClFN4O2/c32-24-6-11-29-27(20-24)28(21-37(29)26-9-7-25(33)8-10-26)22-12-14-34(15-13-22)16-17-35-18-19-36(31(35)39)30(38)23-4-2-1-3-5-23/h6-11,20-23H,1-5,12-19H2. The van der Waals surface area contributed by atoms with Crippen molar-refractivity contribution in [3.8, 4) is 5.69 Å². The number of amides is 3. The molecule has 8 heteroatoms. The van der Waals surface area contributed by atoms with Crippen molar-refractivity contribution in [3.63, 3.8) is 0 Å². The average molecular weight is 551 g/mol. The second-order valence-electron chi connectivity index (χ2n) is 11.3. The molecule has 3 heterocycles. The van der Waals surface area contributed by atoms with Crippen LogP contribution in [0.1, 0.15) is 56.4 Å². The van der Waals surface area contributed by atoms with Gasteiger partial charge in [-0.05, 0) is 92.7 Å². The van der Waals surface area contributed by atoms with Crippen LogP contribution in [0.5, 0.6) is 0 Å². The minimum Gasteiger partial charge on any atom is -0.321 e. The number of fused-ring (bicyclic) bond motifs is 1. The largest absolute Gasteiger partial charge is 0.326 e. The molecule has 1 saturated carbocycles. The summed E-state index contributed by atoms with van der Waals surface area (Å²) >= 11 is 6.39. The summed E-state index contributed by atoms with van der Waals surface area (Å²) in [4.78, 5) is 31.7. The highest BCUT2D eigenvalue weighted by Crippen LogP contribution is 2.37. The van der Waals surface area contributed by atoms with Crippen LogP contribution in [0.25, 0.3) is 16.6 Å². The number of hydrogen-bond donors (Lipinski definition) is 0. The van der Waals surface area contributed by atoms with Crippen LogP contribution in [0.4, 0.5) is 9.18 Å². The van der Waals surface area contributed by atoms with E-state index in [1.807, 2.05) is 23.1 Å². The maximum atomic E-state index is 13.5. The molecule has 39 heavy (non-hydrogen) atoms. The predicted octanol–water partition coefficient (Wildman–Crippen LogP) is 6.45. The molecule has 2 saturated heterocycles. The van der Waals surface area contributed by atoms with E-state index in [-0.39, 0.29) is 23.7 Å². The summed E-state index contributed by atoms with van der Waals surface area (Å²) < 4.78 is 15.7. The van der Waals surface area contributed by atoms with Gasteiger partial charge in [-0.15, -0.1) is 0 Å². The number of aromatic nitrogens is 1. The number of nitrogens with zero attached hydrogens (tertiary/aromatic N) is 4. The number of halogens is 2. The maximum Gasteiger partial charge on any atom is 0.326 e. The molecule has 3 amide bonds. The van der Waals surface area contributed by atoms with Gasteiger partial charge in [0.15, 0.2) is 0 Å². The Morgan fingerprint density at radius 1 is 0.897 bits per heavy atom. The summed E-state index contributed by atoms with van der Waals surface area (Å²) in [5, 5.41) is 1.86. The third-order valence-electron chi connectivity index (χ3n) is 8.93. The Morgan fingerprint density at radius 2 is 1.64 bits per heavy atom. The lowest BCUT2D eigenvalue weighted by Gasteiger charge is -2.33. The van der Waals surface area contributed by atoms with Gasteiger partial charge in [0.1, 0.15) is 5.82 Å². The van der Waals surface area contributed by atoms with Crippen LogP contribution >= 0.6 is 11.6 Å². The lowest BCUT2D eigenvalue weighted by atomic mass is 9.88. The van der Waals surface area contributed by atoms with Crippen molar-refractivity contribution in [2.45, 2.75) is 50.9 Å². The molecular formula is C31H36ClFN4O2. The average Bonchev–Trinajstić information content (AvgIpc) is 3.52. The molecule has 2 aliphatic heterocycles. The predicted molar refractivity (Wildman–Crippen MR) is 152 cm³/mol. The third kappa shape index (κ3) is 5.44. The van der Waals surface area contributed by atoms with Gasteiger partial charge in [0, 0.05) is 54.4 Å². The zero-order chi connectivity index (χ0) is 26.9. The second-order valence-corrected chi connectivity index (χ2v) is 11.7. The summed E-state index contributed by atoms with van der Waals surface area (Å²) in [6.45, 7) is 4.57. The van der Waals surface area contributed by atoms with Gasteiger partial charge in [-0.2, -0.15) is 0 Å². The minimum atomic E-state index is -0.245. The Balaban J connectivity index is 1.07. The fraction of sp³-hybridized carbons (Fsp3) is 0.484. The Hall–Kier alpha value is -2.90. The third-order valence-corrected chi connectivity index (χ3v) is 9.17. The first kappa shape index (κ1) is 26.3. The summed E-state index contributed by atoms with van der Waals surface area (Å²) in [5.74, 6) is 0.236. The van der Waals surface area contributed by atoms with E-state index in [2.05, 4.69) is 15.7 Å². The highest BCUT2D eigenvalue weighted by Gasteiger charge is 2.37. The number of imide groups is 1. The molecule has 3 aromatic rings. The van der Waals surface area contributed by atoms with Crippen molar-refractivity contribution < 1.29 is 14.0 Å². The summed E-state index contributed by atoms with van der Waals surface area (Å²) in [6.07, 6.45) is 9.47. The lowest BCUT2D eigenvalue weighted by molar-refractivity contribution is -0.132. The van der Waals surface area contributed by atoms with Gasteiger partial charge in [0.25, 0.3) is 0 Å². The number of piperidine rings is 1. The normalized spacial score (nSPS) is 19.9. The Labute approximate surface area is 234 Å². The molecule has 0 unspecified atom stereocenters. The molecule has 3 fully saturated rings. The topological polar surface area (TPSA) is 48.8 Å². The van der Waals surface area contributed by atoms with Gasteiger partial charge in [-0.25, -0.2) is 9.18 Å². The van der Waals surface area contributed by atoms with E-state index in [1.54, 1.807) is 12.1 Å². The van der Waals surface area contributed by atoms with Crippen molar-refractivity contribution in [3.05, 3.63) is 65.1 Å². The molecule has 1 aromatic heterocycles. The molecule has 1 aliphatic carbocycles. The highest BCUT2D eigenvalue weighted by atomic mass is 35.5. The van der Waals surface area contributed by atoms with E-state index in [9.17, 15) is 14.0 Å². The quantitative estimate of drug-likeness (QED) is 0.354. The molecule has 0 atom stereocenters. The van der Waals surface area contributed by atoms with Crippen LogP contribution in [0, 0.1) is 11.7 Å². The fourth-order valence-electron chi connectivity index (χ4n) is 6.66. The van der Waals surface area contributed by atoms with E-state index in [1.165, 1.54) is 29.0 Å². The van der Waals surface area contributed by atoms with Gasteiger partial charge in [-0.3, -0.25) is 9.69 Å². The maximum absolute atomic E-state index is 13.5. The molecular weight excluding hydrogens is 515 g/mol. The number of benzene rings is 2. The fourth-order valence-corrected chi connectivity index (χ4v) is 6.83. The first-order chi connectivity index (χ1) is 19.0. The lowest BCUT2D eigenvalue weighted by Crippen LogP contribution is -2.43. The zero-order valence-corrected chi connectivity index (χ0v) is 23.1. The van der Waals surface area contributed by atoms with Crippen molar-refractivity contribution in [2.24, 2.45) is 5.92 Å². The number of urea groups is 1. The van der Waals surface area contributed by atoms with Crippen molar-refractivity contribution >= 4 is 34.4 Å². The first-order valence-electron chi connectivity index (χ1n) is 14.4. The van der Waals surface area contributed by atoms with Crippen LogP contribution in [0.2, 0.25) is 5.02 Å². The first-order valence-corrected chi connectivity index (χ1v) is 14.7. The number of carbonyl (C=O) groups is 2. The molecule has 0 bridgehead atoms. The zero-order valence-electron chi connectivity index (χ0n) is 22.3. The number of rotatable bonds is 6. The van der Waals surface area contributed by atoms with Crippen LogP contribution in [-0.4, -0.2) is 70.5 Å². The summed E-state index contributed by atoms with van der Waals surface area (Å²) in [5.41, 5.74) is 3.28. The van der Waals surface area contributed by atoms with Gasteiger partial charge in [-0.1, -0.05) is 30.9 Å². The molecule has 3 aliphatic rings. The van der Waals surface area contributed by atoms with Crippen molar-refractivity contribution in [1.82, 2.24) is 19.3 Å². The molecule has 6 nitrogen and oxygen atoms in total. The molecule has 0 N–H and O–H groups in total. The summed E-state index contributed by atoms with van der Waals surface area (Å²) in [6, 6.07) is 12.5. The van der Waals surface area contributed by atoms with Crippen molar-refractivity contribution in [2.75, 3.05) is 39.3 Å².